The molecule has 6 nitrogen and oxygen atoms in total. The molecule has 1 amide bonds. The van der Waals surface area contributed by atoms with Gasteiger partial charge < -0.3 is 20.1 Å². The quantitative estimate of drug-likeness (QED) is 0.537. The fourth-order valence-corrected chi connectivity index (χ4v) is 3.84. The van der Waals surface area contributed by atoms with Gasteiger partial charge in [0.25, 0.3) is 0 Å². The van der Waals surface area contributed by atoms with Crippen LogP contribution in [-0.4, -0.2) is 31.7 Å². The van der Waals surface area contributed by atoms with E-state index in [1.807, 2.05) is 48.7 Å². The van der Waals surface area contributed by atoms with Crippen LogP contribution in [0.1, 0.15) is 18.5 Å². The molecule has 3 aromatic rings. The van der Waals surface area contributed by atoms with Crippen molar-refractivity contribution in [3.05, 3.63) is 58.4 Å². The van der Waals surface area contributed by atoms with Crippen LogP contribution in [0.2, 0.25) is 5.02 Å². The van der Waals surface area contributed by atoms with Crippen LogP contribution in [0.25, 0.3) is 11.3 Å². The molecule has 2 N–H and O–H groups in total. The molecule has 2 aromatic carbocycles. The molecule has 0 fully saturated rings. The zero-order valence-electron chi connectivity index (χ0n) is 16.4. The average Bonchev–Trinajstić information content (AvgIpc) is 3.19. The molecule has 152 valence electrons. The van der Waals surface area contributed by atoms with Crippen molar-refractivity contribution in [3.8, 4) is 22.8 Å². The lowest BCUT2D eigenvalue weighted by molar-refractivity contribution is -0.115. The number of nitrogens with zero attached hydrogens (tertiary/aromatic N) is 1. The summed E-state index contributed by atoms with van der Waals surface area (Å²) < 4.78 is 10.6. The van der Waals surface area contributed by atoms with Crippen LogP contribution in [0.15, 0.2) is 47.8 Å². The van der Waals surface area contributed by atoms with Crippen LogP contribution in [0.5, 0.6) is 11.5 Å². The van der Waals surface area contributed by atoms with Gasteiger partial charge in [-0.3, -0.25) is 4.79 Å². The van der Waals surface area contributed by atoms with Gasteiger partial charge in [0.1, 0.15) is 11.5 Å². The second-order valence-electron chi connectivity index (χ2n) is 6.28. The topological polar surface area (TPSA) is 72.5 Å². The third-order valence-electron chi connectivity index (χ3n) is 4.38. The maximum absolute atomic E-state index is 12.3. The van der Waals surface area contributed by atoms with Gasteiger partial charge in [-0.2, -0.15) is 0 Å². The summed E-state index contributed by atoms with van der Waals surface area (Å²) in [6.07, 6.45) is 0. The first-order chi connectivity index (χ1) is 14.0. The first-order valence-electron chi connectivity index (χ1n) is 8.97. The second kappa shape index (κ2) is 9.73. The van der Waals surface area contributed by atoms with Crippen LogP contribution in [-0.2, 0) is 4.79 Å². The number of methoxy groups -OCH3 is 2. The Morgan fingerprint density at radius 3 is 2.72 bits per heavy atom. The molecular formula is C21H22ClN3O3S. The molecule has 0 radical (unpaired) electrons. The van der Waals surface area contributed by atoms with Crippen molar-refractivity contribution >= 4 is 34.0 Å². The smallest absolute Gasteiger partial charge is 0.240 e. The van der Waals surface area contributed by atoms with E-state index in [4.69, 9.17) is 21.1 Å². The zero-order chi connectivity index (χ0) is 20.8. The van der Waals surface area contributed by atoms with Crippen molar-refractivity contribution in [2.24, 2.45) is 0 Å². The predicted molar refractivity (Wildman–Crippen MR) is 117 cm³/mol. The minimum Gasteiger partial charge on any atom is -0.497 e. The van der Waals surface area contributed by atoms with E-state index in [9.17, 15) is 4.79 Å². The van der Waals surface area contributed by atoms with Crippen LogP contribution >= 0.6 is 22.9 Å². The molecule has 0 saturated heterocycles. The lowest BCUT2D eigenvalue weighted by atomic mass is 10.1. The minimum atomic E-state index is -0.175. The predicted octanol–water partition coefficient (Wildman–Crippen LogP) is 4.77. The molecule has 1 atom stereocenters. The Morgan fingerprint density at radius 2 is 2.00 bits per heavy atom. The van der Waals surface area contributed by atoms with E-state index >= 15 is 0 Å². The maximum Gasteiger partial charge on any atom is 0.240 e. The summed E-state index contributed by atoms with van der Waals surface area (Å²) in [6, 6.07) is 13.0. The summed E-state index contributed by atoms with van der Waals surface area (Å²) in [5.74, 6) is 1.18. The van der Waals surface area contributed by atoms with E-state index in [0.29, 0.717) is 21.7 Å². The molecule has 0 spiro atoms. The molecule has 1 aromatic heterocycles. The van der Waals surface area contributed by atoms with Crippen molar-refractivity contribution < 1.29 is 14.3 Å². The van der Waals surface area contributed by atoms with Gasteiger partial charge in [-0.25, -0.2) is 4.98 Å². The molecule has 0 bridgehead atoms. The van der Waals surface area contributed by atoms with E-state index in [1.165, 1.54) is 11.3 Å². The van der Waals surface area contributed by atoms with Crippen LogP contribution in [0.4, 0.5) is 5.13 Å². The largest absolute Gasteiger partial charge is 0.497 e. The van der Waals surface area contributed by atoms with Crippen molar-refractivity contribution in [1.29, 1.82) is 0 Å². The number of aromatic nitrogens is 1. The summed E-state index contributed by atoms with van der Waals surface area (Å²) in [5, 5.41) is 9.07. The van der Waals surface area contributed by atoms with E-state index in [0.717, 1.165) is 16.8 Å². The van der Waals surface area contributed by atoms with Gasteiger partial charge in [0.15, 0.2) is 5.13 Å². The third-order valence-corrected chi connectivity index (χ3v) is 5.48. The van der Waals surface area contributed by atoms with Crippen LogP contribution in [0.3, 0.4) is 0 Å². The number of hydrogen-bond donors (Lipinski definition) is 2. The number of carbonyl (C=O) groups is 1. The Balaban J connectivity index is 1.61. The normalized spacial score (nSPS) is 11.7. The number of ether oxygens (including phenoxy) is 2. The van der Waals surface area contributed by atoms with Gasteiger partial charge >= 0.3 is 0 Å². The molecule has 0 saturated carbocycles. The highest BCUT2D eigenvalue weighted by Crippen LogP contribution is 2.34. The van der Waals surface area contributed by atoms with Crippen molar-refractivity contribution in [2.45, 2.75) is 13.0 Å². The number of halogens is 1. The molecule has 0 unspecified atom stereocenters. The average molecular weight is 432 g/mol. The molecule has 0 aliphatic rings. The number of benzene rings is 2. The van der Waals surface area contributed by atoms with Gasteiger partial charge in [0, 0.05) is 28.1 Å². The number of carbonyl (C=O) groups excluding carboxylic acids is 1. The minimum absolute atomic E-state index is 0.0510. The molecular weight excluding hydrogens is 410 g/mol. The Kier molecular flexibility index (Phi) is 7.09. The van der Waals surface area contributed by atoms with E-state index in [-0.39, 0.29) is 18.5 Å². The Bertz CT molecular complexity index is 993. The van der Waals surface area contributed by atoms with Gasteiger partial charge in [0.05, 0.1) is 26.5 Å². The summed E-state index contributed by atoms with van der Waals surface area (Å²) in [7, 11) is 3.20. The number of anilines is 1. The van der Waals surface area contributed by atoms with Crippen molar-refractivity contribution in [2.75, 3.05) is 26.1 Å². The highest BCUT2D eigenvalue weighted by atomic mass is 35.5. The fourth-order valence-electron chi connectivity index (χ4n) is 2.81. The van der Waals surface area contributed by atoms with Crippen molar-refractivity contribution in [1.82, 2.24) is 10.3 Å². The number of hydrogen-bond acceptors (Lipinski definition) is 6. The maximum atomic E-state index is 12.3. The molecule has 29 heavy (non-hydrogen) atoms. The number of nitrogens with one attached hydrogen (secondary N) is 2. The standard InChI is InChI=1S/C21H22ClN3O3S/c1-13(15-6-4-5-7-17(15)22)23-11-20(26)25-21-24-18(12-29-21)16-9-8-14(27-2)10-19(16)28-3/h4-10,12-13,23H,11H2,1-3H3,(H,24,25,26)/t13-/m0/s1. The first-order valence-corrected chi connectivity index (χ1v) is 10.2. The molecule has 1 heterocycles. The molecule has 0 aliphatic heterocycles. The van der Waals surface area contributed by atoms with E-state index in [2.05, 4.69) is 15.6 Å². The fraction of sp³-hybridized carbons (Fsp3) is 0.238. The Labute approximate surface area is 178 Å². The van der Waals surface area contributed by atoms with E-state index in [1.54, 1.807) is 20.3 Å². The van der Waals surface area contributed by atoms with Gasteiger partial charge in [0.2, 0.25) is 5.91 Å². The number of thiazole rings is 1. The Morgan fingerprint density at radius 1 is 1.21 bits per heavy atom. The van der Waals surface area contributed by atoms with Crippen LogP contribution in [0, 0.1) is 0 Å². The number of amides is 1. The van der Waals surface area contributed by atoms with Crippen LogP contribution < -0.4 is 20.1 Å². The summed E-state index contributed by atoms with van der Waals surface area (Å²) in [4.78, 5) is 16.8. The molecule has 3 rings (SSSR count). The third kappa shape index (κ3) is 5.26. The lowest BCUT2D eigenvalue weighted by Crippen LogP contribution is -2.30. The second-order valence-corrected chi connectivity index (χ2v) is 7.54. The number of rotatable bonds is 8. The summed E-state index contributed by atoms with van der Waals surface area (Å²) in [5.41, 5.74) is 2.50. The van der Waals surface area contributed by atoms with E-state index < -0.39 is 0 Å². The van der Waals surface area contributed by atoms with Gasteiger partial charge in [-0.05, 0) is 30.7 Å². The monoisotopic (exact) mass is 431 g/mol. The van der Waals surface area contributed by atoms with Crippen molar-refractivity contribution in [3.63, 3.8) is 0 Å². The summed E-state index contributed by atoms with van der Waals surface area (Å²) in [6.45, 7) is 2.11. The Hall–Kier alpha value is -2.61. The zero-order valence-corrected chi connectivity index (χ0v) is 17.9. The van der Waals surface area contributed by atoms with Gasteiger partial charge in [-0.15, -0.1) is 11.3 Å². The first kappa shape index (κ1) is 21.1. The molecule has 8 heteroatoms. The summed E-state index contributed by atoms with van der Waals surface area (Å²) >= 11 is 7.56. The SMILES string of the molecule is COc1ccc(-c2csc(NC(=O)CN[C@@H](C)c3ccccc3Cl)n2)c(OC)c1. The molecule has 0 aliphatic carbocycles. The van der Waals surface area contributed by atoms with Gasteiger partial charge in [-0.1, -0.05) is 29.8 Å². The highest BCUT2D eigenvalue weighted by Gasteiger charge is 2.14. The lowest BCUT2D eigenvalue weighted by Gasteiger charge is -2.15. The highest BCUT2D eigenvalue weighted by molar-refractivity contribution is 7.14.